The zero-order valence-corrected chi connectivity index (χ0v) is 11.6. The molecule has 0 radical (unpaired) electrons. The van der Waals surface area contributed by atoms with Crippen molar-refractivity contribution in [1.82, 2.24) is 10.2 Å². The van der Waals surface area contributed by atoms with E-state index >= 15 is 0 Å². The molecule has 0 aromatic heterocycles. The van der Waals surface area contributed by atoms with Gasteiger partial charge in [-0.3, -0.25) is 5.32 Å². The van der Waals surface area contributed by atoms with Crippen molar-refractivity contribution in [1.29, 1.82) is 0 Å². The van der Waals surface area contributed by atoms with Crippen molar-refractivity contribution in [3.8, 4) is 0 Å². The molecule has 0 saturated carbocycles. The van der Waals surface area contributed by atoms with Gasteiger partial charge in [-0.25, -0.2) is 4.90 Å². The van der Waals surface area contributed by atoms with Crippen LogP contribution in [0.5, 0.6) is 0 Å². The van der Waals surface area contributed by atoms with Crippen molar-refractivity contribution in [2.75, 3.05) is 13.1 Å². The van der Waals surface area contributed by atoms with Crippen LogP contribution in [0, 0.1) is 0 Å². The van der Waals surface area contributed by atoms with Crippen molar-refractivity contribution >= 4 is 11.6 Å². The summed E-state index contributed by atoms with van der Waals surface area (Å²) in [4.78, 5) is 2.11. The second kappa shape index (κ2) is 4.30. The molecule has 3 nitrogen and oxygen atoms in total. The Bertz CT molecular complexity index is 658. The zero-order chi connectivity index (χ0) is 13.7. The van der Waals surface area contributed by atoms with Crippen LogP contribution < -0.4 is 5.32 Å². The molecule has 4 rings (SSSR count). The van der Waals surface area contributed by atoms with Crippen LogP contribution in [-0.2, 0) is 5.72 Å². The molecule has 2 aromatic carbocycles. The lowest BCUT2D eigenvalue weighted by atomic mass is 9.93. The largest absolute Gasteiger partial charge is 0.367 e. The van der Waals surface area contributed by atoms with E-state index in [9.17, 15) is 5.11 Å². The minimum Gasteiger partial charge on any atom is -0.367 e. The van der Waals surface area contributed by atoms with Crippen molar-refractivity contribution in [2.45, 2.75) is 11.9 Å². The molecule has 2 aliphatic rings. The Kier molecular flexibility index (Phi) is 2.66. The maximum absolute atomic E-state index is 11.4. The minimum atomic E-state index is -1.07. The van der Waals surface area contributed by atoms with Crippen LogP contribution >= 0.6 is 11.6 Å². The van der Waals surface area contributed by atoms with Gasteiger partial charge in [0.15, 0.2) is 5.72 Å². The highest BCUT2D eigenvalue weighted by atomic mass is 35.5. The van der Waals surface area contributed by atoms with E-state index in [2.05, 4.69) is 16.3 Å². The highest BCUT2D eigenvalue weighted by Gasteiger charge is 2.51. The fourth-order valence-corrected chi connectivity index (χ4v) is 3.52. The Morgan fingerprint density at radius 3 is 2.70 bits per heavy atom. The molecule has 2 aromatic rings. The Balaban J connectivity index is 1.93. The van der Waals surface area contributed by atoms with E-state index in [1.54, 1.807) is 0 Å². The van der Waals surface area contributed by atoms with Crippen LogP contribution in [0.2, 0.25) is 5.02 Å². The van der Waals surface area contributed by atoms with Crippen molar-refractivity contribution < 1.29 is 5.11 Å². The minimum absolute atomic E-state index is 0.0897. The molecule has 0 spiro atoms. The molecule has 2 atom stereocenters. The second-order valence-corrected chi connectivity index (χ2v) is 5.75. The maximum Gasteiger partial charge on any atom is 0.173 e. The second-order valence-electron chi connectivity index (χ2n) is 5.32. The third-order valence-electron chi connectivity index (χ3n) is 4.30. The van der Waals surface area contributed by atoms with E-state index in [0.29, 0.717) is 5.02 Å². The SMILES string of the molecule is O[C@]1(c2ccc(Cl)cc2)c2ccccc2C2NCCN21. The highest BCUT2D eigenvalue weighted by molar-refractivity contribution is 6.30. The molecule has 1 unspecified atom stereocenters. The molecule has 1 fully saturated rings. The lowest BCUT2D eigenvalue weighted by Gasteiger charge is -2.34. The van der Waals surface area contributed by atoms with E-state index in [1.807, 2.05) is 42.5 Å². The number of nitrogens with zero attached hydrogens (tertiary/aromatic N) is 1. The summed E-state index contributed by atoms with van der Waals surface area (Å²) in [6.45, 7) is 1.70. The van der Waals surface area contributed by atoms with Gasteiger partial charge in [0, 0.05) is 29.2 Å². The van der Waals surface area contributed by atoms with Gasteiger partial charge >= 0.3 is 0 Å². The first-order chi connectivity index (χ1) is 9.71. The maximum atomic E-state index is 11.4. The third-order valence-corrected chi connectivity index (χ3v) is 4.55. The molecule has 4 heteroatoms. The molecule has 0 bridgehead atoms. The zero-order valence-electron chi connectivity index (χ0n) is 10.9. The van der Waals surface area contributed by atoms with Gasteiger partial charge in [0.05, 0.1) is 6.17 Å². The van der Waals surface area contributed by atoms with Crippen molar-refractivity contribution in [3.05, 3.63) is 70.2 Å². The summed E-state index contributed by atoms with van der Waals surface area (Å²) in [6.07, 6.45) is 0.0897. The van der Waals surface area contributed by atoms with Gasteiger partial charge < -0.3 is 5.11 Å². The summed E-state index contributed by atoms with van der Waals surface area (Å²) < 4.78 is 0. The normalized spacial score (nSPS) is 28.4. The molecule has 2 aliphatic heterocycles. The third kappa shape index (κ3) is 1.52. The molecule has 0 aliphatic carbocycles. The monoisotopic (exact) mass is 286 g/mol. The number of benzene rings is 2. The van der Waals surface area contributed by atoms with Crippen LogP contribution in [-0.4, -0.2) is 23.1 Å². The van der Waals surface area contributed by atoms with Crippen LogP contribution in [0.4, 0.5) is 0 Å². The highest BCUT2D eigenvalue weighted by Crippen LogP contribution is 2.48. The summed E-state index contributed by atoms with van der Waals surface area (Å²) in [6, 6.07) is 15.5. The average Bonchev–Trinajstić information content (AvgIpc) is 3.04. The molecular formula is C16H15ClN2O. The Labute approximate surface area is 122 Å². The summed E-state index contributed by atoms with van der Waals surface area (Å²) >= 11 is 5.97. The van der Waals surface area contributed by atoms with Crippen LogP contribution in [0.1, 0.15) is 22.9 Å². The quantitative estimate of drug-likeness (QED) is 0.845. The summed E-state index contributed by atoms with van der Waals surface area (Å²) in [5, 5.41) is 15.5. The van der Waals surface area contributed by atoms with Crippen molar-refractivity contribution in [2.24, 2.45) is 0 Å². The summed E-state index contributed by atoms with van der Waals surface area (Å²) in [7, 11) is 0. The number of fused-ring (bicyclic) bond motifs is 3. The first kappa shape index (κ1) is 12.4. The lowest BCUT2D eigenvalue weighted by Crippen LogP contribution is -2.42. The van der Waals surface area contributed by atoms with Gasteiger partial charge in [0.25, 0.3) is 0 Å². The summed E-state index contributed by atoms with van der Waals surface area (Å²) in [5.41, 5.74) is 1.90. The Morgan fingerprint density at radius 2 is 1.90 bits per heavy atom. The van der Waals surface area contributed by atoms with Gasteiger partial charge in [-0.05, 0) is 17.7 Å². The van der Waals surface area contributed by atoms with E-state index in [-0.39, 0.29) is 6.17 Å². The molecule has 20 heavy (non-hydrogen) atoms. The number of aliphatic hydroxyl groups is 1. The fraction of sp³-hybridized carbons (Fsp3) is 0.250. The lowest BCUT2D eigenvalue weighted by molar-refractivity contribution is -0.0725. The smallest absolute Gasteiger partial charge is 0.173 e. The van der Waals surface area contributed by atoms with Crippen LogP contribution in [0.15, 0.2) is 48.5 Å². The molecular weight excluding hydrogens is 272 g/mol. The molecule has 0 amide bonds. The van der Waals surface area contributed by atoms with Gasteiger partial charge in [-0.1, -0.05) is 48.0 Å². The number of rotatable bonds is 1. The first-order valence-corrected chi connectivity index (χ1v) is 7.17. The first-order valence-electron chi connectivity index (χ1n) is 6.79. The van der Waals surface area contributed by atoms with Gasteiger partial charge in [-0.15, -0.1) is 0 Å². The van der Waals surface area contributed by atoms with Gasteiger partial charge in [0.2, 0.25) is 0 Å². The predicted octanol–water partition coefficient (Wildman–Crippen LogP) is 2.45. The van der Waals surface area contributed by atoms with E-state index < -0.39 is 5.72 Å². The topological polar surface area (TPSA) is 35.5 Å². The van der Waals surface area contributed by atoms with Crippen LogP contribution in [0.25, 0.3) is 0 Å². The average molecular weight is 287 g/mol. The van der Waals surface area contributed by atoms with E-state index in [0.717, 1.165) is 29.8 Å². The number of halogens is 1. The number of hydrogen-bond donors (Lipinski definition) is 2. The molecule has 1 saturated heterocycles. The summed E-state index contributed by atoms with van der Waals surface area (Å²) in [5.74, 6) is 0. The van der Waals surface area contributed by atoms with Crippen LogP contribution in [0.3, 0.4) is 0 Å². The molecule has 2 heterocycles. The predicted molar refractivity (Wildman–Crippen MR) is 78.3 cm³/mol. The molecule has 2 N–H and O–H groups in total. The van der Waals surface area contributed by atoms with Gasteiger partial charge in [0.1, 0.15) is 0 Å². The van der Waals surface area contributed by atoms with E-state index in [1.165, 1.54) is 0 Å². The molecule has 102 valence electrons. The standard InChI is InChI=1S/C16H15ClN2O/c17-12-7-5-11(6-8-12)16(20)14-4-2-1-3-13(14)15-18-9-10-19(15)16/h1-8,15,18,20H,9-10H2/t15?,16-/m1/s1. The number of nitrogens with one attached hydrogen (secondary N) is 1. The Hall–Kier alpha value is -1.39. The van der Waals surface area contributed by atoms with Gasteiger partial charge in [-0.2, -0.15) is 0 Å². The van der Waals surface area contributed by atoms with E-state index in [4.69, 9.17) is 11.6 Å². The fourth-order valence-electron chi connectivity index (χ4n) is 3.40. The van der Waals surface area contributed by atoms with Crippen molar-refractivity contribution in [3.63, 3.8) is 0 Å². The Morgan fingerprint density at radius 1 is 1.15 bits per heavy atom. The number of hydrogen-bond acceptors (Lipinski definition) is 3.